The van der Waals surface area contributed by atoms with Gasteiger partial charge in [0.2, 0.25) is 0 Å². The molecule has 1 aromatic carbocycles. The van der Waals surface area contributed by atoms with E-state index >= 15 is 0 Å². The summed E-state index contributed by atoms with van der Waals surface area (Å²) in [5.41, 5.74) is 8.33. The minimum Gasteiger partial charge on any atom is -0.465 e. The van der Waals surface area contributed by atoms with Crippen LogP contribution in [0.2, 0.25) is 0 Å². The highest BCUT2D eigenvalue weighted by Crippen LogP contribution is 2.20. The van der Waals surface area contributed by atoms with E-state index in [0.29, 0.717) is 23.5 Å². The highest BCUT2D eigenvalue weighted by atomic mass is 16.5. The molecular formula is C13H16N4O2. The number of nitrogens with zero attached hydrogens (tertiary/aromatic N) is 2. The van der Waals surface area contributed by atoms with E-state index in [1.54, 1.807) is 29.1 Å². The molecule has 100 valence electrons. The van der Waals surface area contributed by atoms with Crippen LogP contribution in [-0.2, 0) is 18.3 Å². The number of nitrogen functional groups attached to an aromatic ring is 1. The molecule has 0 saturated carbocycles. The third-order valence-electron chi connectivity index (χ3n) is 2.69. The molecule has 3 N–H and O–H groups in total. The third kappa shape index (κ3) is 3.04. The van der Waals surface area contributed by atoms with Crippen LogP contribution in [0, 0.1) is 0 Å². The number of rotatable bonds is 4. The van der Waals surface area contributed by atoms with Gasteiger partial charge in [0.1, 0.15) is 0 Å². The number of carbonyl (C=O) groups is 1. The predicted octanol–water partition coefficient (Wildman–Crippen LogP) is 1.40. The van der Waals surface area contributed by atoms with Gasteiger partial charge < -0.3 is 15.8 Å². The lowest BCUT2D eigenvalue weighted by Crippen LogP contribution is -2.08. The van der Waals surface area contributed by atoms with E-state index in [2.05, 4.69) is 10.4 Å². The summed E-state index contributed by atoms with van der Waals surface area (Å²) in [7, 11) is 3.20. The smallest absolute Gasteiger partial charge is 0.340 e. The Morgan fingerprint density at radius 3 is 2.95 bits per heavy atom. The topological polar surface area (TPSA) is 82.2 Å². The highest BCUT2D eigenvalue weighted by Gasteiger charge is 2.12. The number of nitrogens with two attached hydrogens (primary N) is 1. The van der Waals surface area contributed by atoms with Crippen molar-refractivity contribution in [2.45, 2.75) is 6.54 Å². The van der Waals surface area contributed by atoms with Crippen molar-refractivity contribution in [2.24, 2.45) is 7.05 Å². The van der Waals surface area contributed by atoms with Gasteiger partial charge in [-0.15, -0.1) is 0 Å². The Bertz CT molecular complexity index is 592. The van der Waals surface area contributed by atoms with Crippen LogP contribution in [0.25, 0.3) is 0 Å². The fourth-order valence-electron chi connectivity index (χ4n) is 1.76. The van der Waals surface area contributed by atoms with Crippen molar-refractivity contribution in [3.05, 3.63) is 41.7 Å². The molecule has 6 nitrogen and oxygen atoms in total. The molecule has 0 bridgehead atoms. The molecular weight excluding hydrogens is 244 g/mol. The average molecular weight is 260 g/mol. The van der Waals surface area contributed by atoms with Crippen LogP contribution >= 0.6 is 0 Å². The van der Waals surface area contributed by atoms with Crippen molar-refractivity contribution in [2.75, 3.05) is 18.2 Å². The number of hydrogen-bond donors (Lipinski definition) is 2. The Morgan fingerprint density at radius 2 is 2.32 bits per heavy atom. The van der Waals surface area contributed by atoms with Crippen LogP contribution in [0.1, 0.15) is 15.9 Å². The van der Waals surface area contributed by atoms with E-state index in [0.717, 1.165) is 5.56 Å². The number of methoxy groups -OCH3 is 1. The minimum atomic E-state index is -0.416. The van der Waals surface area contributed by atoms with Gasteiger partial charge >= 0.3 is 5.97 Å². The largest absolute Gasteiger partial charge is 0.465 e. The van der Waals surface area contributed by atoms with Gasteiger partial charge in [-0.05, 0) is 18.2 Å². The van der Waals surface area contributed by atoms with Crippen molar-refractivity contribution in [3.63, 3.8) is 0 Å². The van der Waals surface area contributed by atoms with Crippen molar-refractivity contribution < 1.29 is 9.53 Å². The zero-order chi connectivity index (χ0) is 13.8. The maximum Gasteiger partial charge on any atom is 0.340 e. The number of carbonyl (C=O) groups excluding carboxylic acids is 1. The highest BCUT2D eigenvalue weighted by molar-refractivity contribution is 5.96. The Morgan fingerprint density at radius 1 is 1.53 bits per heavy atom. The van der Waals surface area contributed by atoms with E-state index in [-0.39, 0.29) is 0 Å². The first-order valence-electron chi connectivity index (χ1n) is 5.79. The van der Waals surface area contributed by atoms with Crippen LogP contribution in [0.5, 0.6) is 0 Å². The van der Waals surface area contributed by atoms with Gasteiger partial charge in [0.15, 0.2) is 0 Å². The molecule has 0 aliphatic carbocycles. The summed E-state index contributed by atoms with van der Waals surface area (Å²) in [5.74, 6) is -0.416. The van der Waals surface area contributed by atoms with E-state index in [9.17, 15) is 4.79 Å². The SMILES string of the molecule is COC(=O)c1cc(N)ccc1NCc1cnn(C)c1. The van der Waals surface area contributed by atoms with E-state index in [1.807, 2.05) is 13.2 Å². The van der Waals surface area contributed by atoms with E-state index < -0.39 is 5.97 Å². The van der Waals surface area contributed by atoms with Crippen LogP contribution in [0.4, 0.5) is 11.4 Å². The number of benzene rings is 1. The number of ether oxygens (including phenoxy) is 1. The van der Waals surface area contributed by atoms with Gasteiger partial charge in [-0.1, -0.05) is 0 Å². The number of aromatic nitrogens is 2. The van der Waals surface area contributed by atoms with Crippen LogP contribution in [0.15, 0.2) is 30.6 Å². The number of anilines is 2. The second-order valence-electron chi connectivity index (χ2n) is 4.17. The second-order valence-corrected chi connectivity index (χ2v) is 4.17. The summed E-state index contributed by atoms with van der Waals surface area (Å²) >= 11 is 0. The molecule has 0 spiro atoms. The van der Waals surface area contributed by atoms with E-state index in [4.69, 9.17) is 10.5 Å². The average Bonchev–Trinajstić information content (AvgIpc) is 2.82. The molecule has 19 heavy (non-hydrogen) atoms. The third-order valence-corrected chi connectivity index (χ3v) is 2.69. The summed E-state index contributed by atoms with van der Waals surface area (Å²) in [6.45, 7) is 0.571. The van der Waals surface area contributed by atoms with Crippen molar-refractivity contribution >= 4 is 17.3 Å². The predicted molar refractivity (Wildman–Crippen MR) is 72.7 cm³/mol. The quantitative estimate of drug-likeness (QED) is 0.641. The first-order chi connectivity index (χ1) is 9.10. The lowest BCUT2D eigenvalue weighted by atomic mass is 10.1. The number of hydrogen-bond acceptors (Lipinski definition) is 5. The molecule has 6 heteroatoms. The summed E-state index contributed by atoms with van der Waals surface area (Å²) in [5, 5.41) is 7.26. The molecule has 0 unspecified atom stereocenters. The second kappa shape index (κ2) is 5.43. The van der Waals surface area contributed by atoms with Gasteiger partial charge in [-0.3, -0.25) is 4.68 Å². The fraction of sp³-hybridized carbons (Fsp3) is 0.231. The fourth-order valence-corrected chi connectivity index (χ4v) is 1.76. The molecule has 1 heterocycles. The lowest BCUT2D eigenvalue weighted by molar-refractivity contribution is 0.0602. The molecule has 0 fully saturated rings. The zero-order valence-electron chi connectivity index (χ0n) is 10.9. The maximum absolute atomic E-state index is 11.7. The lowest BCUT2D eigenvalue weighted by Gasteiger charge is -2.10. The molecule has 1 aromatic heterocycles. The zero-order valence-corrected chi connectivity index (χ0v) is 10.9. The van der Waals surface area contributed by atoms with Crippen molar-refractivity contribution in [3.8, 4) is 0 Å². The van der Waals surface area contributed by atoms with Crippen LogP contribution in [0.3, 0.4) is 0 Å². The van der Waals surface area contributed by atoms with E-state index in [1.165, 1.54) is 7.11 Å². The molecule has 2 rings (SSSR count). The monoisotopic (exact) mass is 260 g/mol. The molecule has 0 aliphatic heterocycles. The summed E-state index contributed by atoms with van der Waals surface area (Å²) < 4.78 is 6.46. The molecule has 2 aromatic rings. The summed E-state index contributed by atoms with van der Waals surface area (Å²) in [6, 6.07) is 5.09. The standard InChI is InChI=1S/C13H16N4O2/c1-17-8-9(7-16-17)6-15-12-4-3-10(14)5-11(12)13(18)19-2/h3-5,7-8,15H,6,14H2,1-2H3. The molecule has 0 radical (unpaired) electrons. The number of esters is 1. The number of aryl methyl sites for hydroxylation is 1. The first-order valence-corrected chi connectivity index (χ1v) is 5.79. The van der Waals surface area contributed by atoms with Gasteiger partial charge in [0, 0.05) is 36.7 Å². The van der Waals surface area contributed by atoms with Crippen LogP contribution in [-0.4, -0.2) is 22.9 Å². The first kappa shape index (κ1) is 12.9. The normalized spacial score (nSPS) is 10.2. The van der Waals surface area contributed by atoms with Gasteiger partial charge in [0.05, 0.1) is 18.9 Å². The van der Waals surface area contributed by atoms with Gasteiger partial charge in [-0.25, -0.2) is 4.79 Å². The van der Waals surface area contributed by atoms with Crippen molar-refractivity contribution in [1.29, 1.82) is 0 Å². The summed E-state index contributed by atoms with van der Waals surface area (Å²) in [6.07, 6.45) is 3.67. The van der Waals surface area contributed by atoms with Crippen LogP contribution < -0.4 is 11.1 Å². The maximum atomic E-state index is 11.7. The minimum absolute atomic E-state index is 0.416. The molecule has 0 saturated heterocycles. The van der Waals surface area contributed by atoms with Gasteiger partial charge in [-0.2, -0.15) is 5.10 Å². The Balaban J connectivity index is 2.17. The Hall–Kier alpha value is -2.50. The van der Waals surface area contributed by atoms with Crippen molar-refractivity contribution in [1.82, 2.24) is 9.78 Å². The molecule has 0 atom stereocenters. The summed E-state index contributed by atoms with van der Waals surface area (Å²) in [4.78, 5) is 11.7. The Labute approximate surface area is 111 Å². The number of nitrogens with one attached hydrogen (secondary N) is 1. The Kier molecular flexibility index (Phi) is 3.70. The molecule has 0 amide bonds. The molecule has 0 aliphatic rings. The van der Waals surface area contributed by atoms with Gasteiger partial charge in [0.25, 0.3) is 0 Å².